The fourth-order valence-electron chi connectivity index (χ4n) is 2.73. The lowest BCUT2D eigenvalue weighted by Crippen LogP contribution is -2.23. The first-order valence-corrected chi connectivity index (χ1v) is 8.32. The molecule has 2 rings (SSSR count). The van der Waals surface area contributed by atoms with Crippen molar-refractivity contribution in [3.05, 3.63) is 35.4 Å². The molecule has 0 saturated carbocycles. The molecule has 1 nitrogen and oxygen atoms in total. The molecule has 2 N–H and O–H groups in total. The van der Waals surface area contributed by atoms with E-state index in [0.717, 1.165) is 0 Å². The molecule has 2 heteroatoms. The molecule has 18 heavy (non-hydrogen) atoms. The normalized spacial score (nSPS) is 23.4. The summed E-state index contributed by atoms with van der Waals surface area (Å²) in [7, 11) is 0. The highest BCUT2D eigenvalue weighted by atomic mass is 32.2. The zero-order valence-electron chi connectivity index (χ0n) is 11.4. The third kappa shape index (κ3) is 3.52. The second kappa shape index (κ2) is 7.20. The van der Waals surface area contributed by atoms with Gasteiger partial charge in [0.05, 0.1) is 0 Å². The van der Waals surface area contributed by atoms with Gasteiger partial charge in [-0.3, -0.25) is 0 Å². The first-order chi connectivity index (χ1) is 8.83. The van der Waals surface area contributed by atoms with Crippen LogP contribution in [0.2, 0.25) is 0 Å². The predicted octanol–water partition coefficient (Wildman–Crippen LogP) is 4.31. The molecule has 0 bridgehead atoms. The molecule has 0 radical (unpaired) electrons. The van der Waals surface area contributed by atoms with E-state index in [-0.39, 0.29) is 6.04 Å². The summed E-state index contributed by atoms with van der Waals surface area (Å²) in [4.78, 5) is 0. The molecule has 100 valence electrons. The highest BCUT2D eigenvalue weighted by Gasteiger charge is 2.24. The van der Waals surface area contributed by atoms with Gasteiger partial charge in [0.1, 0.15) is 0 Å². The number of nitrogens with two attached hydrogens (primary N) is 1. The zero-order valence-corrected chi connectivity index (χ0v) is 12.2. The van der Waals surface area contributed by atoms with Crippen molar-refractivity contribution in [2.45, 2.75) is 56.7 Å². The maximum absolute atomic E-state index is 6.48. The van der Waals surface area contributed by atoms with Gasteiger partial charge >= 0.3 is 0 Å². The lowest BCUT2D eigenvalue weighted by molar-refractivity contribution is 0.631. The Kier molecular flexibility index (Phi) is 5.58. The number of hydrogen-bond donors (Lipinski definition) is 1. The number of thioether (sulfide) groups is 1. The van der Waals surface area contributed by atoms with Gasteiger partial charge < -0.3 is 5.73 Å². The van der Waals surface area contributed by atoms with Crippen molar-refractivity contribution in [1.29, 1.82) is 0 Å². The van der Waals surface area contributed by atoms with Gasteiger partial charge in [-0.05, 0) is 42.6 Å². The maximum Gasteiger partial charge on any atom is 0.0418 e. The van der Waals surface area contributed by atoms with Gasteiger partial charge in [0.25, 0.3) is 0 Å². The van der Waals surface area contributed by atoms with Gasteiger partial charge in [-0.25, -0.2) is 0 Å². The number of unbranched alkanes of at least 4 members (excludes halogenated alkanes) is 2. The van der Waals surface area contributed by atoms with Crippen molar-refractivity contribution >= 4 is 11.8 Å². The molecule has 0 amide bonds. The molecule has 0 spiro atoms. The molecule has 0 aromatic heterocycles. The Morgan fingerprint density at radius 2 is 2.11 bits per heavy atom. The van der Waals surface area contributed by atoms with Gasteiger partial charge in [0.15, 0.2) is 0 Å². The molecule has 0 aliphatic heterocycles. The highest BCUT2D eigenvalue weighted by Crippen LogP contribution is 2.34. The summed E-state index contributed by atoms with van der Waals surface area (Å²) in [5.74, 6) is 1.27. The van der Waals surface area contributed by atoms with Crippen LogP contribution in [0.1, 0.15) is 56.2 Å². The van der Waals surface area contributed by atoms with Crippen LogP contribution in [0.25, 0.3) is 0 Å². The SMILES string of the molecule is CCCCCSC1CCCc2ccccc2C1N. The molecule has 1 aliphatic rings. The monoisotopic (exact) mass is 263 g/mol. The molecule has 0 fully saturated rings. The van der Waals surface area contributed by atoms with Gasteiger partial charge in [0.2, 0.25) is 0 Å². The van der Waals surface area contributed by atoms with Crippen molar-refractivity contribution in [3.8, 4) is 0 Å². The van der Waals surface area contributed by atoms with Crippen LogP contribution in [-0.2, 0) is 6.42 Å². The molecule has 1 aliphatic carbocycles. The Bertz CT molecular complexity index is 364. The average Bonchev–Trinajstić information content (AvgIpc) is 2.56. The van der Waals surface area contributed by atoms with E-state index in [9.17, 15) is 0 Å². The van der Waals surface area contributed by atoms with Gasteiger partial charge in [-0.1, -0.05) is 44.0 Å². The molecular formula is C16H25NS. The fraction of sp³-hybridized carbons (Fsp3) is 0.625. The summed E-state index contributed by atoms with van der Waals surface area (Å²) in [5.41, 5.74) is 9.35. The van der Waals surface area contributed by atoms with Crippen LogP contribution < -0.4 is 5.73 Å². The summed E-state index contributed by atoms with van der Waals surface area (Å²) in [6, 6.07) is 8.98. The number of rotatable bonds is 5. The van der Waals surface area contributed by atoms with Gasteiger partial charge in [-0.2, -0.15) is 11.8 Å². The van der Waals surface area contributed by atoms with Crippen LogP contribution in [-0.4, -0.2) is 11.0 Å². The van der Waals surface area contributed by atoms with E-state index in [1.807, 2.05) is 0 Å². The minimum absolute atomic E-state index is 0.232. The van der Waals surface area contributed by atoms with Crippen LogP contribution in [0.4, 0.5) is 0 Å². The number of benzene rings is 1. The molecule has 1 aromatic rings. The summed E-state index contributed by atoms with van der Waals surface area (Å²) >= 11 is 2.10. The summed E-state index contributed by atoms with van der Waals surface area (Å²) in [5, 5.41) is 0.616. The van der Waals surface area contributed by atoms with Crippen LogP contribution in [0.15, 0.2) is 24.3 Å². The third-order valence-corrected chi connectivity index (χ3v) is 5.31. The number of fused-ring (bicyclic) bond motifs is 1. The van der Waals surface area contributed by atoms with Crippen LogP contribution in [0, 0.1) is 0 Å². The summed E-state index contributed by atoms with van der Waals surface area (Å²) in [6.45, 7) is 2.26. The Morgan fingerprint density at radius 1 is 1.28 bits per heavy atom. The Balaban J connectivity index is 1.97. The Hall–Kier alpha value is -0.470. The largest absolute Gasteiger partial charge is 0.323 e. The van der Waals surface area contributed by atoms with Crippen molar-refractivity contribution in [3.63, 3.8) is 0 Å². The van der Waals surface area contributed by atoms with E-state index >= 15 is 0 Å². The van der Waals surface area contributed by atoms with Gasteiger partial charge in [0, 0.05) is 11.3 Å². The van der Waals surface area contributed by atoms with E-state index in [1.165, 1.54) is 55.4 Å². The molecule has 2 atom stereocenters. The van der Waals surface area contributed by atoms with Crippen molar-refractivity contribution in [2.24, 2.45) is 5.73 Å². The third-order valence-electron chi connectivity index (χ3n) is 3.83. The second-order valence-corrected chi connectivity index (χ2v) is 6.58. The first-order valence-electron chi connectivity index (χ1n) is 7.28. The second-order valence-electron chi connectivity index (χ2n) is 5.23. The summed E-state index contributed by atoms with van der Waals surface area (Å²) in [6.07, 6.45) is 7.76. The minimum atomic E-state index is 0.232. The summed E-state index contributed by atoms with van der Waals surface area (Å²) < 4.78 is 0. The van der Waals surface area contributed by atoms with Crippen molar-refractivity contribution < 1.29 is 0 Å². The van der Waals surface area contributed by atoms with E-state index in [4.69, 9.17) is 5.73 Å². The van der Waals surface area contributed by atoms with E-state index in [2.05, 4.69) is 43.0 Å². The number of aryl methyl sites for hydroxylation is 1. The number of hydrogen-bond acceptors (Lipinski definition) is 2. The standard InChI is InChI=1S/C16H25NS/c1-2-3-6-12-18-15-11-7-9-13-8-4-5-10-14(13)16(15)17/h4-5,8,10,15-16H,2-3,6-7,9,11-12,17H2,1H3. The van der Waals surface area contributed by atoms with Gasteiger partial charge in [-0.15, -0.1) is 0 Å². The minimum Gasteiger partial charge on any atom is -0.323 e. The average molecular weight is 263 g/mol. The van der Waals surface area contributed by atoms with Crippen LogP contribution in [0.5, 0.6) is 0 Å². The predicted molar refractivity (Wildman–Crippen MR) is 82.1 cm³/mol. The lowest BCUT2D eigenvalue weighted by Gasteiger charge is -2.22. The molecule has 2 unspecified atom stereocenters. The van der Waals surface area contributed by atoms with E-state index in [0.29, 0.717) is 5.25 Å². The smallest absolute Gasteiger partial charge is 0.0418 e. The Labute approximate surface area is 116 Å². The van der Waals surface area contributed by atoms with Crippen LogP contribution >= 0.6 is 11.8 Å². The lowest BCUT2D eigenvalue weighted by atomic mass is 10.00. The zero-order chi connectivity index (χ0) is 12.8. The van der Waals surface area contributed by atoms with E-state index < -0.39 is 0 Å². The first kappa shape index (κ1) is 14.0. The van der Waals surface area contributed by atoms with Crippen molar-refractivity contribution in [1.82, 2.24) is 0 Å². The Morgan fingerprint density at radius 3 is 2.94 bits per heavy atom. The molecule has 1 aromatic carbocycles. The van der Waals surface area contributed by atoms with Crippen LogP contribution in [0.3, 0.4) is 0 Å². The molecular weight excluding hydrogens is 238 g/mol. The highest BCUT2D eigenvalue weighted by molar-refractivity contribution is 7.99. The van der Waals surface area contributed by atoms with Crippen molar-refractivity contribution in [2.75, 3.05) is 5.75 Å². The molecule has 0 heterocycles. The molecule has 0 saturated heterocycles. The maximum atomic E-state index is 6.48. The quantitative estimate of drug-likeness (QED) is 0.632. The topological polar surface area (TPSA) is 26.0 Å². The fourth-order valence-corrected chi connectivity index (χ4v) is 4.10. The van der Waals surface area contributed by atoms with E-state index in [1.54, 1.807) is 0 Å².